The van der Waals surface area contributed by atoms with Crippen LogP contribution < -0.4 is 15.2 Å². The molecule has 6 nitrogen and oxygen atoms in total. The number of hydrogen-bond acceptors (Lipinski definition) is 5. The number of carbonyl (C=O) groups excluding carboxylic acids is 1. The normalized spacial score (nSPS) is 20.3. The van der Waals surface area contributed by atoms with Gasteiger partial charge >= 0.3 is 0 Å². The van der Waals surface area contributed by atoms with Gasteiger partial charge in [-0.05, 0) is 50.9 Å². The molecular formula is C18H25N3O3. The molecule has 0 bridgehead atoms. The number of nitrogens with zero attached hydrogens (tertiary/aromatic N) is 2. The van der Waals surface area contributed by atoms with Crippen molar-refractivity contribution in [2.75, 3.05) is 33.4 Å². The minimum Gasteiger partial charge on any atom is -0.497 e. The molecule has 1 aliphatic rings. The Morgan fingerprint density at radius 1 is 1.50 bits per heavy atom. The van der Waals surface area contributed by atoms with Crippen LogP contribution in [0.25, 0.3) is 0 Å². The smallest absolute Gasteiger partial charge is 0.257 e. The fourth-order valence-electron chi connectivity index (χ4n) is 2.87. The van der Waals surface area contributed by atoms with Gasteiger partial charge in [0.1, 0.15) is 11.5 Å². The first-order valence-corrected chi connectivity index (χ1v) is 8.24. The van der Waals surface area contributed by atoms with E-state index in [0.717, 1.165) is 19.3 Å². The zero-order chi connectivity index (χ0) is 17.6. The van der Waals surface area contributed by atoms with E-state index in [-0.39, 0.29) is 5.91 Å². The van der Waals surface area contributed by atoms with E-state index in [2.05, 4.69) is 6.07 Å². The van der Waals surface area contributed by atoms with Crippen LogP contribution in [0.3, 0.4) is 0 Å². The molecule has 2 rings (SSSR count). The summed E-state index contributed by atoms with van der Waals surface area (Å²) in [7, 11) is 1.56. The summed E-state index contributed by atoms with van der Waals surface area (Å²) in [6.45, 7) is 3.97. The van der Waals surface area contributed by atoms with Crippen LogP contribution in [0.15, 0.2) is 18.2 Å². The van der Waals surface area contributed by atoms with E-state index >= 15 is 0 Å². The summed E-state index contributed by atoms with van der Waals surface area (Å²) in [6.07, 6.45) is 2.35. The highest BCUT2D eigenvalue weighted by Gasteiger charge is 2.34. The highest BCUT2D eigenvalue weighted by molar-refractivity contribution is 5.97. The number of likely N-dealkylation sites (tertiary alicyclic amines) is 1. The molecule has 1 saturated heterocycles. The zero-order valence-electron chi connectivity index (χ0n) is 14.4. The summed E-state index contributed by atoms with van der Waals surface area (Å²) in [6, 6.07) is 7.54. The van der Waals surface area contributed by atoms with Gasteiger partial charge in [-0.3, -0.25) is 4.79 Å². The van der Waals surface area contributed by atoms with Gasteiger partial charge in [0.2, 0.25) is 0 Å². The molecule has 1 amide bonds. The van der Waals surface area contributed by atoms with Crippen molar-refractivity contribution in [2.24, 2.45) is 11.1 Å². The van der Waals surface area contributed by atoms with E-state index in [9.17, 15) is 10.1 Å². The summed E-state index contributed by atoms with van der Waals surface area (Å²) in [5, 5.41) is 9.36. The molecule has 24 heavy (non-hydrogen) atoms. The molecule has 6 heteroatoms. The Balaban J connectivity index is 2.24. The number of methoxy groups -OCH3 is 1. The molecule has 1 aromatic carbocycles. The maximum atomic E-state index is 13.0. The number of nitriles is 1. The van der Waals surface area contributed by atoms with Gasteiger partial charge in [0.15, 0.2) is 0 Å². The van der Waals surface area contributed by atoms with Crippen LogP contribution in [0, 0.1) is 16.7 Å². The molecule has 0 aromatic heterocycles. The summed E-state index contributed by atoms with van der Waals surface area (Å²) in [5.74, 6) is 1.00. The largest absolute Gasteiger partial charge is 0.497 e. The average Bonchev–Trinajstić information content (AvgIpc) is 2.61. The predicted octanol–water partition coefficient (Wildman–Crippen LogP) is 2.19. The zero-order valence-corrected chi connectivity index (χ0v) is 14.4. The number of ether oxygens (including phenoxy) is 2. The Labute approximate surface area is 143 Å². The number of benzene rings is 1. The van der Waals surface area contributed by atoms with Crippen molar-refractivity contribution in [3.63, 3.8) is 0 Å². The second-order valence-corrected chi connectivity index (χ2v) is 6.36. The summed E-state index contributed by atoms with van der Waals surface area (Å²) < 4.78 is 11.0. The number of amides is 1. The molecule has 1 fully saturated rings. The standard InChI is InChI=1S/C18H25N3O3/c1-18(12-20)7-3-9-21(13-18)17(22)15-11-14(23-2)5-6-16(15)24-10-4-8-19/h5-6,11H,3-4,7-10,13,19H2,1-2H3/t18-/m0/s1. The lowest BCUT2D eigenvalue weighted by molar-refractivity contribution is 0.0625. The van der Waals surface area contributed by atoms with Gasteiger partial charge in [-0.15, -0.1) is 0 Å². The Bertz CT molecular complexity index is 626. The number of piperidine rings is 1. The third-order valence-electron chi connectivity index (χ3n) is 4.28. The Hall–Kier alpha value is -2.26. The van der Waals surface area contributed by atoms with Crippen LogP contribution in [0.4, 0.5) is 0 Å². The van der Waals surface area contributed by atoms with E-state index in [1.54, 1.807) is 30.2 Å². The summed E-state index contributed by atoms with van der Waals surface area (Å²) in [5.41, 5.74) is 5.47. The first-order valence-electron chi connectivity index (χ1n) is 8.24. The van der Waals surface area contributed by atoms with Crippen molar-refractivity contribution < 1.29 is 14.3 Å². The Morgan fingerprint density at radius 2 is 2.29 bits per heavy atom. The molecule has 1 aliphatic heterocycles. The molecule has 1 atom stereocenters. The third kappa shape index (κ3) is 4.18. The van der Waals surface area contributed by atoms with Gasteiger partial charge in [0, 0.05) is 13.1 Å². The quantitative estimate of drug-likeness (QED) is 0.807. The van der Waals surface area contributed by atoms with Crippen LogP contribution in [-0.4, -0.2) is 44.2 Å². The maximum absolute atomic E-state index is 13.0. The third-order valence-corrected chi connectivity index (χ3v) is 4.28. The van der Waals surface area contributed by atoms with E-state index in [0.29, 0.717) is 43.3 Å². The molecule has 0 spiro atoms. The molecule has 0 aliphatic carbocycles. The van der Waals surface area contributed by atoms with Gasteiger partial charge in [-0.2, -0.15) is 5.26 Å². The van der Waals surface area contributed by atoms with Crippen molar-refractivity contribution in [2.45, 2.75) is 26.2 Å². The highest BCUT2D eigenvalue weighted by Crippen LogP contribution is 2.32. The lowest BCUT2D eigenvalue weighted by atomic mass is 9.83. The summed E-state index contributed by atoms with van der Waals surface area (Å²) >= 11 is 0. The van der Waals surface area contributed by atoms with Crippen molar-refractivity contribution in [1.82, 2.24) is 4.90 Å². The molecule has 2 N–H and O–H groups in total. The molecule has 0 saturated carbocycles. The van der Waals surface area contributed by atoms with E-state index < -0.39 is 5.41 Å². The van der Waals surface area contributed by atoms with Crippen molar-refractivity contribution in [3.05, 3.63) is 23.8 Å². The predicted molar refractivity (Wildman–Crippen MR) is 91.0 cm³/mol. The molecule has 1 aromatic rings. The molecule has 1 heterocycles. The fraction of sp³-hybridized carbons (Fsp3) is 0.556. The van der Waals surface area contributed by atoms with Gasteiger partial charge in [-0.25, -0.2) is 0 Å². The highest BCUT2D eigenvalue weighted by atomic mass is 16.5. The van der Waals surface area contributed by atoms with Crippen molar-refractivity contribution >= 4 is 5.91 Å². The van der Waals surface area contributed by atoms with Gasteiger partial charge in [0.05, 0.1) is 30.8 Å². The molecular weight excluding hydrogens is 306 g/mol. The number of carbonyl (C=O) groups is 1. The molecule has 0 unspecified atom stereocenters. The number of hydrogen-bond donors (Lipinski definition) is 1. The van der Waals surface area contributed by atoms with Gasteiger partial charge in [-0.1, -0.05) is 0 Å². The van der Waals surface area contributed by atoms with Crippen LogP contribution in [0.1, 0.15) is 36.5 Å². The summed E-state index contributed by atoms with van der Waals surface area (Å²) in [4.78, 5) is 14.7. The van der Waals surface area contributed by atoms with E-state index in [1.807, 2.05) is 6.92 Å². The molecule has 130 valence electrons. The maximum Gasteiger partial charge on any atom is 0.257 e. The Kier molecular flexibility index (Phi) is 6.04. The lowest BCUT2D eigenvalue weighted by Gasteiger charge is -2.36. The van der Waals surface area contributed by atoms with Crippen LogP contribution in [0.5, 0.6) is 11.5 Å². The lowest BCUT2D eigenvalue weighted by Crippen LogP contribution is -2.44. The number of nitrogens with two attached hydrogens (primary N) is 1. The topological polar surface area (TPSA) is 88.6 Å². The minimum absolute atomic E-state index is 0.127. The van der Waals surface area contributed by atoms with E-state index in [4.69, 9.17) is 15.2 Å². The van der Waals surface area contributed by atoms with E-state index in [1.165, 1.54) is 0 Å². The second kappa shape index (κ2) is 8.02. The monoisotopic (exact) mass is 331 g/mol. The van der Waals surface area contributed by atoms with Gasteiger partial charge < -0.3 is 20.1 Å². The van der Waals surface area contributed by atoms with Crippen LogP contribution in [-0.2, 0) is 0 Å². The first-order chi connectivity index (χ1) is 11.5. The SMILES string of the molecule is COc1ccc(OCCCN)c(C(=O)N2CCC[C@@](C)(C#N)C2)c1. The molecule has 0 radical (unpaired) electrons. The van der Waals surface area contributed by atoms with Gasteiger partial charge in [0.25, 0.3) is 5.91 Å². The van der Waals surface area contributed by atoms with Crippen molar-refractivity contribution in [1.29, 1.82) is 5.26 Å². The van der Waals surface area contributed by atoms with Crippen LogP contribution in [0.2, 0.25) is 0 Å². The Morgan fingerprint density at radius 3 is 2.96 bits per heavy atom. The second-order valence-electron chi connectivity index (χ2n) is 6.36. The number of rotatable bonds is 6. The van der Waals surface area contributed by atoms with Crippen LogP contribution >= 0.6 is 0 Å². The van der Waals surface area contributed by atoms with Crippen molar-refractivity contribution in [3.8, 4) is 17.6 Å². The first kappa shape index (κ1) is 18.1. The minimum atomic E-state index is -0.493. The average molecular weight is 331 g/mol. The fourth-order valence-corrected chi connectivity index (χ4v) is 2.87.